The molecule has 3 aromatic rings. The largest absolute Gasteiger partial charge is 0.497 e. The number of hydrogen-bond donors (Lipinski definition) is 0. The summed E-state index contributed by atoms with van der Waals surface area (Å²) in [5.41, 5.74) is 2.43. The van der Waals surface area contributed by atoms with Crippen LogP contribution >= 0.6 is 0 Å². The minimum absolute atomic E-state index is 0.148. The predicted molar refractivity (Wildman–Crippen MR) is 126 cm³/mol. The zero-order valence-corrected chi connectivity index (χ0v) is 18.6. The summed E-state index contributed by atoms with van der Waals surface area (Å²) in [7, 11) is 1.66. The molecule has 0 aromatic heterocycles. The minimum Gasteiger partial charge on any atom is -0.497 e. The summed E-state index contributed by atoms with van der Waals surface area (Å²) in [6, 6.07) is 25.0. The topological polar surface area (TPSA) is 24.9 Å². The highest BCUT2D eigenvalue weighted by Gasteiger charge is 2.20. The summed E-state index contributed by atoms with van der Waals surface area (Å²) in [4.78, 5) is 5.00. The molecule has 0 spiro atoms. The first-order chi connectivity index (χ1) is 15.7. The van der Waals surface area contributed by atoms with Crippen molar-refractivity contribution in [2.75, 3.05) is 39.8 Å². The van der Waals surface area contributed by atoms with E-state index < -0.39 is 0 Å². The van der Waals surface area contributed by atoms with Crippen LogP contribution in [0.3, 0.4) is 0 Å². The van der Waals surface area contributed by atoms with Gasteiger partial charge in [0.2, 0.25) is 0 Å². The van der Waals surface area contributed by atoms with Crippen molar-refractivity contribution in [1.82, 2.24) is 9.80 Å². The van der Waals surface area contributed by atoms with Crippen molar-refractivity contribution in [3.8, 4) is 11.5 Å². The lowest BCUT2D eigenvalue weighted by molar-refractivity contribution is 0.106. The van der Waals surface area contributed by atoms with Crippen LogP contribution in [0.4, 0.5) is 4.39 Å². The fraction of sp³-hybridized carbons (Fsp3) is 0.333. The molecule has 4 nitrogen and oxygen atoms in total. The van der Waals surface area contributed by atoms with Gasteiger partial charge in [-0.25, -0.2) is 4.39 Å². The molecule has 0 bridgehead atoms. The highest BCUT2D eigenvalue weighted by Crippen LogP contribution is 2.27. The van der Waals surface area contributed by atoms with Gasteiger partial charge in [-0.3, -0.25) is 4.90 Å². The van der Waals surface area contributed by atoms with E-state index >= 15 is 0 Å². The second kappa shape index (κ2) is 11.1. The Morgan fingerprint density at radius 3 is 2.22 bits per heavy atom. The molecule has 0 N–H and O–H groups in total. The summed E-state index contributed by atoms with van der Waals surface area (Å²) < 4.78 is 25.2. The molecule has 5 heteroatoms. The first-order valence-corrected chi connectivity index (χ1v) is 11.2. The van der Waals surface area contributed by atoms with Crippen molar-refractivity contribution in [1.29, 1.82) is 0 Å². The smallest absolute Gasteiger partial charge is 0.126 e. The van der Waals surface area contributed by atoms with Gasteiger partial charge in [-0.05, 0) is 35.4 Å². The number of ether oxygens (including phenoxy) is 2. The molecule has 0 radical (unpaired) electrons. The quantitative estimate of drug-likeness (QED) is 0.464. The number of benzene rings is 3. The van der Waals surface area contributed by atoms with Crippen LogP contribution in [-0.2, 0) is 6.54 Å². The molecule has 3 aromatic carbocycles. The molecule has 1 aliphatic heterocycles. The second-order valence-corrected chi connectivity index (χ2v) is 8.23. The third-order valence-electron chi connectivity index (χ3n) is 5.98. The van der Waals surface area contributed by atoms with E-state index in [1.807, 2.05) is 30.3 Å². The van der Waals surface area contributed by atoms with Gasteiger partial charge in [-0.2, -0.15) is 0 Å². The van der Waals surface area contributed by atoms with Crippen LogP contribution in [0.1, 0.15) is 23.7 Å². The maximum Gasteiger partial charge on any atom is 0.126 e. The van der Waals surface area contributed by atoms with Crippen molar-refractivity contribution >= 4 is 0 Å². The van der Waals surface area contributed by atoms with Gasteiger partial charge in [0.15, 0.2) is 0 Å². The standard InChI is InChI=1S/C27H31FN2O2/c1-31-25-12-10-23(11-13-25)27(32-26-9-5-8-24(28)20-26)14-15-29-16-18-30(19-17-29)21-22-6-3-2-4-7-22/h2-13,20,27H,14-19,21H2,1H3. The third kappa shape index (κ3) is 6.31. The van der Waals surface area contributed by atoms with E-state index in [0.29, 0.717) is 5.75 Å². The maximum absolute atomic E-state index is 13.7. The third-order valence-corrected chi connectivity index (χ3v) is 5.98. The number of rotatable bonds is 9. The number of hydrogen-bond acceptors (Lipinski definition) is 4. The molecule has 1 saturated heterocycles. The van der Waals surface area contributed by atoms with Gasteiger partial charge < -0.3 is 14.4 Å². The SMILES string of the molecule is COc1ccc(C(CCN2CCN(Cc3ccccc3)CC2)Oc2cccc(F)c2)cc1. The molecule has 1 fully saturated rings. The lowest BCUT2D eigenvalue weighted by Crippen LogP contribution is -2.46. The Kier molecular flexibility index (Phi) is 7.75. The van der Waals surface area contributed by atoms with Crippen LogP contribution in [0.2, 0.25) is 0 Å². The van der Waals surface area contributed by atoms with E-state index in [2.05, 4.69) is 40.1 Å². The van der Waals surface area contributed by atoms with E-state index in [0.717, 1.165) is 57.0 Å². The van der Waals surface area contributed by atoms with E-state index in [4.69, 9.17) is 9.47 Å². The van der Waals surface area contributed by atoms with Crippen LogP contribution in [-0.4, -0.2) is 49.6 Å². The van der Waals surface area contributed by atoms with Crippen molar-refractivity contribution in [2.24, 2.45) is 0 Å². The summed E-state index contributed by atoms with van der Waals surface area (Å²) >= 11 is 0. The number of halogens is 1. The summed E-state index contributed by atoms with van der Waals surface area (Å²) in [5, 5.41) is 0. The van der Waals surface area contributed by atoms with Crippen LogP contribution in [0.5, 0.6) is 11.5 Å². The fourth-order valence-corrected chi connectivity index (χ4v) is 4.13. The Labute approximate surface area is 190 Å². The normalized spacial score (nSPS) is 15.9. The zero-order valence-electron chi connectivity index (χ0n) is 18.6. The number of methoxy groups -OCH3 is 1. The van der Waals surface area contributed by atoms with E-state index in [-0.39, 0.29) is 11.9 Å². The monoisotopic (exact) mass is 434 g/mol. The van der Waals surface area contributed by atoms with Crippen LogP contribution in [0, 0.1) is 5.82 Å². The molecular weight excluding hydrogens is 403 g/mol. The molecule has 1 unspecified atom stereocenters. The van der Waals surface area contributed by atoms with Crippen molar-refractivity contribution in [2.45, 2.75) is 19.1 Å². The highest BCUT2D eigenvalue weighted by atomic mass is 19.1. The van der Waals surface area contributed by atoms with Crippen molar-refractivity contribution in [3.63, 3.8) is 0 Å². The molecule has 32 heavy (non-hydrogen) atoms. The highest BCUT2D eigenvalue weighted by molar-refractivity contribution is 5.30. The Morgan fingerprint density at radius 2 is 1.53 bits per heavy atom. The van der Waals surface area contributed by atoms with Gasteiger partial charge in [-0.1, -0.05) is 48.5 Å². The Balaban J connectivity index is 1.34. The average molecular weight is 435 g/mol. The number of nitrogens with zero attached hydrogens (tertiary/aromatic N) is 2. The molecule has 1 aliphatic rings. The molecular formula is C27H31FN2O2. The molecule has 0 saturated carbocycles. The molecule has 4 rings (SSSR count). The average Bonchev–Trinajstić information content (AvgIpc) is 2.83. The zero-order chi connectivity index (χ0) is 22.2. The second-order valence-electron chi connectivity index (χ2n) is 8.23. The predicted octanol–water partition coefficient (Wildman–Crippen LogP) is 5.16. The van der Waals surface area contributed by atoms with Crippen LogP contribution in [0.15, 0.2) is 78.9 Å². The summed E-state index contributed by atoms with van der Waals surface area (Å²) in [6.07, 6.45) is 0.687. The van der Waals surface area contributed by atoms with Crippen molar-refractivity contribution in [3.05, 3.63) is 95.8 Å². The van der Waals surface area contributed by atoms with Gasteiger partial charge in [0.1, 0.15) is 23.4 Å². The van der Waals surface area contributed by atoms with E-state index in [1.54, 1.807) is 13.2 Å². The van der Waals surface area contributed by atoms with Crippen LogP contribution < -0.4 is 9.47 Å². The summed E-state index contributed by atoms with van der Waals surface area (Å²) in [5.74, 6) is 1.08. The Bertz CT molecular complexity index is 957. The lowest BCUT2D eigenvalue weighted by atomic mass is 10.1. The fourth-order valence-electron chi connectivity index (χ4n) is 4.13. The molecule has 1 heterocycles. The van der Waals surface area contributed by atoms with E-state index in [1.165, 1.54) is 17.7 Å². The first-order valence-electron chi connectivity index (χ1n) is 11.2. The van der Waals surface area contributed by atoms with Gasteiger partial charge in [0, 0.05) is 51.8 Å². The molecule has 0 aliphatic carbocycles. The van der Waals surface area contributed by atoms with Gasteiger partial charge in [0.05, 0.1) is 7.11 Å². The maximum atomic E-state index is 13.7. The summed E-state index contributed by atoms with van der Waals surface area (Å²) in [6.45, 7) is 6.15. The lowest BCUT2D eigenvalue weighted by Gasteiger charge is -2.35. The van der Waals surface area contributed by atoms with Crippen molar-refractivity contribution < 1.29 is 13.9 Å². The molecule has 168 valence electrons. The first kappa shape index (κ1) is 22.3. The van der Waals surface area contributed by atoms with Gasteiger partial charge in [-0.15, -0.1) is 0 Å². The number of piperazine rings is 1. The van der Waals surface area contributed by atoms with Crippen LogP contribution in [0.25, 0.3) is 0 Å². The molecule has 0 amide bonds. The van der Waals surface area contributed by atoms with E-state index in [9.17, 15) is 4.39 Å². The van der Waals surface area contributed by atoms with Gasteiger partial charge in [0.25, 0.3) is 0 Å². The molecule has 1 atom stereocenters. The Morgan fingerprint density at radius 1 is 0.812 bits per heavy atom. The minimum atomic E-state index is -0.287. The Hall–Kier alpha value is -2.89. The van der Waals surface area contributed by atoms with Gasteiger partial charge >= 0.3 is 0 Å².